The van der Waals surface area contributed by atoms with Crippen LogP contribution in [0.5, 0.6) is 0 Å². The first-order valence-electron chi connectivity index (χ1n) is 15.8. The number of ketones is 1. The summed E-state index contributed by atoms with van der Waals surface area (Å²) < 4.78 is 27.4. The number of aliphatic hydroxyl groups excluding tert-OH is 1. The standard InChI is InChI=1S/C34H54NO7P/c1-29-16-20-31(21-17-29)34(37)32-22-18-30(19-23-32)15-13-11-9-7-5-6-8-10-12-14-25-40-27-33(36)28-42-43(38,39)41-26-24-35(2,3)4/h16-23,33,36H,5-15,24-28H2,1-4H3/t33-/m1/s1. The number of aliphatic hydroxyl groups is 1. The van der Waals surface area contributed by atoms with Gasteiger partial charge in [-0.2, -0.15) is 0 Å². The second-order valence-corrected chi connectivity index (χ2v) is 13.9. The fourth-order valence-electron chi connectivity index (χ4n) is 4.55. The first kappa shape index (κ1) is 37.3. The van der Waals surface area contributed by atoms with Gasteiger partial charge in [0.05, 0.1) is 34.4 Å². The van der Waals surface area contributed by atoms with Gasteiger partial charge >= 0.3 is 0 Å². The van der Waals surface area contributed by atoms with E-state index in [1.807, 2.05) is 64.5 Å². The van der Waals surface area contributed by atoms with Gasteiger partial charge in [0.15, 0.2) is 5.78 Å². The molecular formula is C34H54NO7P. The number of phosphoric ester groups is 1. The van der Waals surface area contributed by atoms with E-state index in [0.29, 0.717) is 17.6 Å². The van der Waals surface area contributed by atoms with Gasteiger partial charge in [-0.05, 0) is 31.7 Å². The number of hydrogen-bond donors (Lipinski definition) is 1. The van der Waals surface area contributed by atoms with Crippen molar-refractivity contribution < 1.29 is 37.6 Å². The molecule has 8 nitrogen and oxygen atoms in total. The Balaban J connectivity index is 1.38. The van der Waals surface area contributed by atoms with Crippen LogP contribution < -0.4 is 4.89 Å². The van der Waals surface area contributed by atoms with Crippen LogP contribution in [-0.2, 0) is 24.8 Å². The number of aryl methyl sites for hydroxylation is 2. The van der Waals surface area contributed by atoms with Gasteiger partial charge < -0.3 is 28.3 Å². The van der Waals surface area contributed by atoms with Crippen LogP contribution in [0.4, 0.5) is 0 Å². The summed E-state index contributed by atoms with van der Waals surface area (Å²) in [5.74, 6) is 0.0751. The molecule has 2 aromatic carbocycles. The number of benzene rings is 2. The Labute approximate surface area is 259 Å². The third-order valence-corrected chi connectivity index (χ3v) is 8.24. The SMILES string of the molecule is Cc1ccc(C(=O)c2ccc(CCCCCCCCCCCCOC[C@@H](O)COP(=O)([O-])OCC[N+](C)(C)C)cc2)cc1. The number of carbonyl (C=O) groups excluding carboxylic acids is 1. The zero-order valence-corrected chi connectivity index (χ0v) is 27.7. The van der Waals surface area contributed by atoms with Gasteiger partial charge in [-0.15, -0.1) is 0 Å². The summed E-state index contributed by atoms with van der Waals surface area (Å²) >= 11 is 0. The monoisotopic (exact) mass is 619 g/mol. The highest BCUT2D eigenvalue weighted by Crippen LogP contribution is 2.38. The average Bonchev–Trinajstić information content (AvgIpc) is 2.96. The molecule has 2 atom stereocenters. The zero-order chi connectivity index (χ0) is 31.6. The molecular weight excluding hydrogens is 565 g/mol. The second-order valence-electron chi connectivity index (χ2n) is 12.5. The average molecular weight is 620 g/mol. The molecule has 0 spiro atoms. The highest BCUT2D eigenvalue weighted by atomic mass is 31.2. The van der Waals surface area contributed by atoms with Gasteiger partial charge in [0.2, 0.25) is 0 Å². The molecule has 0 bridgehead atoms. The molecule has 0 heterocycles. The number of hydrogen-bond acceptors (Lipinski definition) is 7. The maximum Gasteiger partial charge on any atom is 0.268 e. The molecule has 0 aliphatic heterocycles. The molecule has 0 saturated carbocycles. The van der Waals surface area contributed by atoms with Crippen LogP contribution in [0.25, 0.3) is 0 Å². The van der Waals surface area contributed by atoms with Gasteiger partial charge in [0.25, 0.3) is 7.82 Å². The normalized spacial score (nSPS) is 14.0. The first-order chi connectivity index (χ1) is 20.5. The van der Waals surface area contributed by atoms with Gasteiger partial charge in [-0.25, -0.2) is 0 Å². The Hall–Kier alpha value is -1.90. The summed E-state index contributed by atoms with van der Waals surface area (Å²) in [7, 11) is 1.40. The molecule has 2 rings (SSSR count). The molecule has 9 heteroatoms. The molecule has 0 saturated heterocycles. The Morgan fingerprint density at radius 1 is 0.767 bits per heavy atom. The van der Waals surface area contributed by atoms with E-state index >= 15 is 0 Å². The number of unbranched alkanes of at least 4 members (excludes halogenated alkanes) is 9. The molecule has 0 aromatic heterocycles. The topological polar surface area (TPSA) is 105 Å². The summed E-state index contributed by atoms with van der Waals surface area (Å²) in [5.41, 5.74) is 3.92. The summed E-state index contributed by atoms with van der Waals surface area (Å²) in [6, 6.07) is 15.8. The van der Waals surface area contributed by atoms with Crippen LogP contribution in [-0.4, -0.2) is 75.6 Å². The lowest BCUT2D eigenvalue weighted by atomic mass is 9.99. The van der Waals surface area contributed by atoms with E-state index in [4.69, 9.17) is 13.8 Å². The van der Waals surface area contributed by atoms with Crippen molar-refractivity contribution in [3.63, 3.8) is 0 Å². The van der Waals surface area contributed by atoms with Crippen LogP contribution in [0.2, 0.25) is 0 Å². The predicted octanol–water partition coefficient (Wildman–Crippen LogP) is 6.25. The largest absolute Gasteiger partial charge is 0.756 e. The third kappa shape index (κ3) is 17.9. The lowest BCUT2D eigenvalue weighted by Crippen LogP contribution is -2.37. The smallest absolute Gasteiger partial charge is 0.268 e. The molecule has 1 N–H and O–H groups in total. The Morgan fingerprint density at radius 2 is 1.28 bits per heavy atom. The van der Waals surface area contributed by atoms with Crippen molar-refractivity contribution in [2.24, 2.45) is 0 Å². The Kier molecular flexibility index (Phi) is 17.5. The van der Waals surface area contributed by atoms with E-state index in [-0.39, 0.29) is 25.6 Å². The molecule has 0 radical (unpaired) electrons. The van der Waals surface area contributed by atoms with Crippen molar-refractivity contribution in [1.82, 2.24) is 0 Å². The van der Waals surface area contributed by atoms with Crippen LogP contribution in [0.15, 0.2) is 48.5 Å². The first-order valence-corrected chi connectivity index (χ1v) is 17.3. The molecule has 43 heavy (non-hydrogen) atoms. The van der Waals surface area contributed by atoms with Crippen molar-refractivity contribution in [2.75, 3.05) is 54.1 Å². The van der Waals surface area contributed by atoms with E-state index in [2.05, 4.69) is 12.1 Å². The number of ether oxygens (including phenoxy) is 1. The molecule has 0 aliphatic carbocycles. The van der Waals surface area contributed by atoms with Crippen LogP contribution in [0.3, 0.4) is 0 Å². The minimum absolute atomic E-state index is 0.0358. The third-order valence-electron chi connectivity index (χ3n) is 7.28. The lowest BCUT2D eigenvalue weighted by molar-refractivity contribution is -0.870. The van der Waals surface area contributed by atoms with Gasteiger partial charge in [-0.1, -0.05) is 105 Å². The van der Waals surface area contributed by atoms with Crippen LogP contribution >= 0.6 is 7.82 Å². The van der Waals surface area contributed by atoms with Crippen molar-refractivity contribution >= 4 is 13.6 Å². The number of quaternary nitrogens is 1. The fraction of sp³-hybridized carbons (Fsp3) is 0.618. The number of carbonyl (C=O) groups is 1. The minimum atomic E-state index is -4.42. The van der Waals surface area contributed by atoms with Gasteiger partial charge in [-0.3, -0.25) is 9.36 Å². The maximum absolute atomic E-state index is 12.6. The molecule has 1 unspecified atom stereocenters. The summed E-state index contributed by atoms with van der Waals surface area (Å²) in [5, 5.41) is 9.89. The number of rotatable bonds is 24. The Bertz CT molecular complexity index is 1080. The molecule has 2 aromatic rings. The maximum atomic E-state index is 12.6. The van der Waals surface area contributed by atoms with Crippen molar-refractivity contribution in [3.8, 4) is 0 Å². The van der Waals surface area contributed by atoms with Crippen LogP contribution in [0.1, 0.15) is 91.3 Å². The number of nitrogens with zero attached hydrogens (tertiary/aromatic N) is 1. The van der Waals surface area contributed by atoms with Crippen molar-refractivity contribution in [3.05, 3.63) is 70.8 Å². The zero-order valence-electron chi connectivity index (χ0n) is 26.8. The summed E-state index contributed by atoms with van der Waals surface area (Å²) in [4.78, 5) is 24.4. The van der Waals surface area contributed by atoms with E-state index in [9.17, 15) is 19.4 Å². The van der Waals surface area contributed by atoms with Gasteiger partial charge in [0.1, 0.15) is 19.3 Å². The lowest BCUT2D eigenvalue weighted by Gasteiger charge is -2.27. The summed E-state index contributed by atoms with van der Waals surface area (Å²) in [6.45, 7) is 2.80. The number of likely N-dealkylation sites (N-methyl/N-ethyl adjacent to an activating group) is 1. The van der Waals surface area contributed by atoms with E-state index in [1.165, 1.54) is 56.9 Å². The molecule has 242 valence electrons. The minimum Gasteiger partial charge on any atom is -0.756 e. The predicted molar refractivity (Wildman–Crippen MR) is 170 cm³/mol. The highest BCUT2D eigenvalue weighted by molar-refractivity contribution is 7.45. The summed E-state index contributed by atoms with van der Waals surface area (Å²) in [6.07, 6.45) is 11.9. The molecule has 0 aliphatic rings. The Morgan fingerprint density at radius 3 is 1.84 bits per heavy atom. The second kappa shape index (κ2) is 20.2. The fourth-order valence-corrected chi connectivity index (χ4v) is 5.28. The van der Waals surface area contributed by atoms with E-state index in [1.54, 1.807) is 0 Å². The molecule has 0 fully saturated rings. The quantitative estimate of drug-likeness (QED) is 0.0641. The van der Waals surface area contributed by atoms with Crippen LogP contribution in [0, 0.1) is 6.92 Å². The van der Waals surface area contributed by atoms with Crippen molar-refractivity contribution in [1.29, 1.82) is 0 Å². The molecule has 0 amide bonds. The number of phosphoric acid groups is 1. The van der Waals surface area contributed by atoms with Crippen molar-refractivity contribution in [2.45, 2.75) is 83.7 Å². The van der Waals surface area contributed by atoms with Gasteiger partial charge in [0, 0.05) is 17.7 Å². The highest BCUT2D eigenvalue weighted by Gasteiger charge is 2.16. The van der Waals surface area contributed by atoms with E-state index < -0.39 is 13.9 Å². The van der Waals surface area contributed by atoms with E-state index in [0.717, 1.165) is 36.0 Å².